The van der Waals surface area contributed by atoms with Gasteiger partial charge in [0, 0.05) is 23.7 Å². The second-order valence-corrected chi connectivity index (χ2v) is 4.06. The van der Waals surface area contributed by atoms with Gasteiger partial charge in [-0.1, -0.05) is 12.1 Å². The third-order valence-corrected chi connectivity index (χ3v) is 2.50. The van der Waals surface area contributed by atoms with Gasteiger partial charge in [-0.3, -0.25) is 4.79 Å². The van der Waals surface area contributed by atoms with Crippen LogP contribution in [0.25, 0.3) is 0 Å². The molecular weight excluding hydrogens is 174 g/mol. The molecule has 0 atom stereocenters. The van der Waals surface area contributed by atoms with Crippen molar-refractivity contribution in [3.05, 3.63) is 29.3 Å². The number of hydrogen-bond acceptors (Lipinski definition) is 2. The van der Waals surface area contributed by atoms with Gasteiger partial charge >= 0.3 is 0 Å². The number of rotatable bonds is 2. The Balaban J connectivity index is 2.41. The zero-order chi connectivity index (χ0) is 10.1. The van der Waals surface area contributed by atoms with Crippen molar-refractivity contribution in [1.29, 1.82) is 0 Å². The SMILES string of the molecule is CC(C)Nc1cccc2c1C(=O)CC2. The lowest BCUT2D eigenvalue weighted by Gasteiger charge is -2.13. The third-order valence-electron chi connectivity index (χ3n) is 2.50. The maximum atomic E-state index is 11.6. The second-order valence-electron chi connectivity index (χ2n) is 4.06. The standard InChI is InChI=1S/C12H15NO/c1-8(2)13-10-5-3-4-9-6-7-11(14)12(9)10/h3-5,8,13H,6-7H2,1-2H3. The van der Waals surface area contributed by atoms with Crippen LogP contribution in [0.15, 0.2) is 18.2 Å². The maximum absolute atomic E-state index is 11.6. The highest BCUT2D eigenvalue weighted by Gasteiger charge is 2.22. The molecule has 0 aliphatic heterocycles. The van der Waals surface area contributed by atoms with Crippen LogP contribution in [0.5, 0.6) is 0 Å². The van der Waals surface area contributed by atoms with E-state index >= 15 is 0 Å². The summed E-state index contributed by atoms with van der Waals surface area (Å²) in [6.45, 7) is 4.16. The summed E-state index contributed by atoms with van der Waals surface area (Å²) in [6.07, 6.45) is 1.58. The fourth-order valence-corrected chi connectivity index (χ4v) is 1.94. The summed E-state index contributed by atoms with van der Waals surface area (Å²) in [5.41, 5.74) is 3.11. The predicted molar refractivity (Wildman–Crippen MR) is 57.9 cm³/mol. The van der Waals surface area contributed by atoms with Gasteiger partial charge in [-0.25, -0.2) is 0 Å². The van der Waals surface area contributed by atoms with E-state index in [2.05, 4.69) is 19.2 Å². The van der Waals surface area contributed by atoms with Crippen LogP contribution >= 0.6 is 0 Å². The molecular formula is C12H15NO. The lowest BCUT2D eigenvalue weighted by Crippen LogP contribution is -2.12. The van der Waals surface area contributed by atoms with Crippen molar-refractivity contribution in [2.24, 2.45) is 0 Å². The quantitative estimate of drug-likeness (QED) is 0.774. The summed E-state index contributed by atoms with van der Waals surface area (Å²) in [4.78, 5) is 11.6. The molecule has 1 aromatic carbocycles. The van der Waals surface area contributed by atoms with Crippen molar-refractivity contribution in [3.8, 4) is 0 Å². The van der Waals surface area contributed by atoms with Crippen LogP contribution in [0.3, 0.4) is 0 Å². The summed E-state index contributed by atoms with van der Waals surface area (Å²) in [5.74, 6) is 0.281. The normalized spacial score (nSPS) is 14.6. The number of carbonyl (C=O) groups is 1. The van der Waals surface area contributed by atoms with Crippen molar-refractivity contribution in [2.45, 2.75) is 32.7 Å². The molecule has 0 saturated carbocycles. The molecule has 0 saturated heterocycles. The van der Waals surface area contributed by atoms with E-state index in [1.807, 2.05) is 18.2 Å². The zero-order valence-electron chi connectivity index (χ0n) is 8.63. The number of carbonyl (C=O) groups excluding carboxylic acids is 1. The molecule has 74 valence electrons. The first-order valence-electron chi connectivity index (χ1n) is 5.10. The Morgan fingerprint density at radius 3 is 2.79 bits per heavy atom. The molecule has 0 fully saturated rings. The maximum Gasteiger partial charge on any atom is 0.165 e. The molecule has 1 aromatic rings. The Hall–Kier alpha value is -1.31. The van der Waals surface area contributed by atoms with Crippen LogP contribution in [0.1, 0.15) is 36.2 Å². The van der Waals surface area contributed by atoms with Crippen LogP contribution in [-0.2, 0) is 6.42 Å². The summed E-state index contributed by atoms with van der Waals surface area (Å²) in [6, 6.07) is 6.42. The first-order chi connectivity index (χ1) is 6.68. The summed E-state index contributed by atoms with van der Waals surface area (Å²) >= 11 is 0. The van der Waals surface area contributed by atoms with Crippen LogP contribution in [0, 0.1) is 0 Å². The van der Waals surface area contributed by atoms with Gasteiger partial charge in [0.15, 0.2) is 5.78 Å². The average molecular weight is 189 g/mol. The Bertz CT molecular complexity index is 369. The number of aryl methyl sites for hydroxylation is 1. The molecule has 2 rings (SSSR count). The van der Waals surface area contributed by atoms with E-state index in [4.69, 9.17) is 0 Å². The minimum absolute atomic E-state index is 0.281. The minimum atomic E-state index is 0.281. The van der Waals surface area contributed by atoms with Crippen LogP contribution in [0.2, 0.25) is 0 Å². The number of nitrogens with one attached hydrogen (secondary N) is 1. The summed E-state index contributed by atoms with van der Waals surface area (Å²) < 4.78 is 0. The Morgan fingerprint density at radius 1 is 1.29 bits per heavy atom. The monoisotopic (exact) mass is 189 g/mol. The van der Waals surface area contributed by atoms with Gasteiger partial charge in [0.25, 0.3) is 0 Å². The summed E-state index contributed by atoms with van der Waals surface area (Å²) in [7, 11) is 0. The van der Waals surface area contributed by atoms with Gasteiger partial charge < -0.3 is 5.32 Å². The van der Waals surface area contributed by atoms with Crippen molar-refractivity contribution in [2.75, 3.05) is 5.32 Å². The van der Waals surface area contributed by atoms with Crippen LogP contribution in [-0.4, -0.2) is 11.8 Å². The number of Topliss-reactive ketones (excluding diaryl/α,β-unsaturated/α-hetero) is 1. The number of benzene rings is 1. The van der Waals surface area contributed by atoms with Gasteiger partial charge in [-0.2, -0.15) is 0 Å². The van der Waals surface area contributed by atoms with Crippen molar-refractivity contribution >= 4 is 11.5 Å². The number of ketones is 1. The van der Waals surface area contributed by atoms with E-state index in [0.717, 1.165) is 17.7 Å². The third kappa shape index (κ3) is 1.52. The molecule has 0 bridgehead atoms. The van der Waals surface area contributed by atoms with Crippen LogP contribution < -0.4 is 5.32 Å². The van der Waals surface area contributed by atoms with E-state index in [0.29, 0.717) is 12.5 Å². The van der Waals surface area contributed by atoms with E-state index in [9.17, 15) is 4.79 Å². The van der Waals surface area contributed by atoms with E-state index in [1.165, 1.54) is 5.56 Å². The molecule has 2 heteroatoms. The van der Waals surface area contributed by atoms with E-state index in [1.54, 1.807) is 0 Å². The lowest BCUT2D eigenvalue weighted by molar-refractivity contribution is 0.0995. The average Bonchev–Trinajstić information content (AvgIpc) is 2.48. The fourth-order valence-electron chi connectivity index (χ4n) is 1.94. The van der Waals surface area contributed by atoms with Crippen molar-refractivity contribution < 1.29 is 4.79 Å². The molecule has 1 aliphatic carbocycles. The van der Waals surface area contributed by atoms with Gasteiger partial charge in [-0.05, 0) is 31.9 Å². The summed E-state index contributed by atoms with van der Waals surface area (Å²) in [5, 5.41) is 3.31. The molecule has 0 aromatic heterocycles. The van der Waals surface area contributed by atoms with Crippen molar-refractivity contribution in [1.82, 2.24) is 0 Å². The molecule has 0 unspecified atom stereocenters. The van der Waals surface area contributed by atoms with E-state index < -0.39 is 0 Å². The Labute approximate surface area is 84.3 Å². The fraction of sp³-hybridized carbons (Fsp3) is 0.417. The van der Waals surface area contributed by atoms with Gasteiger partial charge in [0.1, 0.15) is 0 Å². The Morgan fingerprint density at radius 2 is 2.07 bits per heavy atom. The van der Waals surface area contributed by atoms with E-state index in [-0.39, 0.29) is 5.78 Å². The van der Waals surface area contributed by atoms with Gasteiger partial charge in [0.2, 0.25) is 0 Å². The minimum Gasteiger partial charge on any atom is -0.382 e. The largest absolute Gasteiger partial charge is 0.382 e. The first kappa shape index (κ1) is 9.25. The molecule has 2 nitrogen and oxygen atoms in total. The van der Waals surface area contributed by atoms with Gasteiger partial charge in [0.05, 0.1) is 0 Å². The highest BCUT2D eigenvalue weighted by Crippen LogP contribution is 2.28. The zero-order valence-corrected chi connectivity index (χ0v) is 8.63. The first-order valence-corrected chi connectivity index (χ1v) is 5.10. The van der Waals surface area contributed by atoms with Gasteiger partial charge in [-0.15, -0.1) is 0 Å². The predicted octanol–water partition coefficient (Wildman–Crippen LogP) is 2.64. The Kier molecular flexibility index (Phi) is 2.28. The molecule has 0 radical (unpaired) electrons. The topological polar surface area (TPSA) is 29.1 Å². The number of fused-ring (bicyclic) bond motifs is 1. The molecule has 1 aliphatic rings. The number of hydrogen-bond donors (Lipinski definition) is 1. The second kappa shape index (κ2) is 3.45. The molecule has 0 spiro atoms. The molecule has 14 heavy (non-hydrogen) atoms. The highest BCUT2D eigenvalue weighted by molar-refractivity contribution is 6.05. The smallest absolute Gasteiger partial charge is 0.165 e. The highest BCUT2D eigenvalue weighted by atomic mass is 16.1. The van der Waals surface area contributed by atoms with Crippen LogP contribution in [0.4, 0.5) is 5.69 Å². The van der Waals surface area contributed by atoms with Crippen molar-refractivity contribution in [3.63, 3.8) is 0 Å². The molecule has 1 N–H and O–H groups in total. The number of anilines is 1. The molecule has 0 amide bonds. The molecule has 0 heterocycles. The lowest BCUT2D eigenvalue weighted by atomic mass is 10.1.